The van der Waals surface area contributed by atoms with Crippen molar-refractivity contribution in [2.45, 2.75) is 77.9 Å². The number of amides is 1. The average molecular weight is 438 g/mol. The Morgan fingerprint density at radius 1 is 1.03 bits per heavy atom. The first kappa shape index (κ1) is 25.0. The van der Waals surface area contributed by atoms with Gasteiger partial charge in [0.05, 0.1) is 19.5 Å². The fourth-order valence-corrected chi connectivity index (χ4v) is 10.3. The van der Waals surface area contributed by atoms with Gasteiger partial charge in [-0.25, -0.2) is 4.98 Å². The number of pyridine rings is 2. The molecule has 0 unspecified atom stereocenters. The van der Waals surface area contributed by atoms with Crippen molar-refractivity contribution in [3.63, 3.8) is 0 Å². The quantitative estimate of drug-likeness (QED) is 0.325. The van der Waals surface area contributed by atoms with Gasteiger partial charge < -0.3 is 5.32 Å². The van der Waals surface area contributed by atoms with Gasteiger partial charge in [0.25, 0.3) is 5.91 Å². The summed E-state index contributed by atoms with van der Waals surface area (Å²) in [6, 6.07) is 9.66. The molecule has 1 amide bonds. The fraction of sp³-hybridized carbons (Fsp3) is 0.500. The van der Waals surface area contributed by atoms with E-state index in [2.05, 4.69) is 70.5 Å². The maximum Gasteiger partial charge on any atom is 0.269 e. The lowest BCUT2D eigenvalue weighted by molar-refractivity contribution is 0.0948. The summed E-state index contributed by atoms with van der Waals surface area (Å²) < 4.78 is 0. The molecule has 168 valence electrons. The molecule has 0 aliphatic carbocycles. The number of nitrogens with zero attached hydrogens (tertiary/aromatic N) is 2. The van der Waals surface area contributed by atoms with E-state index in [1.54, 1.807) is 6.20 Å². The van der Waals surface area contributed by atoms with Gasteiger partial charge in [-0.3, -0.25) is 9.78 Å². The molecule has 2 aromatic rings. The van der Waals surface area contributed by atoms with Crippen LogP contribution in [0.25, 0.3) is 17.5 Å². The van der Waals surface area contributed by atoms with Crippen LogP contribution in [0.1, 0.15) is 77.4 Å². The Kier molecular flexibility index (Phi) is 9.17. The van der Waals surface area contributed by atoms with Gasteiger partial charge in [0.2, 0.25) is 0 Å². The topological polar surface area (TPSA) is 54.9 Å². The summed E-state index contributed by atoms with van der Waals surface area (Å²) in [5.74, 6) is -0.128. The molecule has 2 aromatic heterocycles. The molecule has 4 nitrogen and oxygen atoms in total. The Bertz CT molecular complexity index is 854. The van der Waals surface area contributed by atoms with Crippen LogP contribution in [0.5, 0.6) is 0 Å². The van der Waals surface area contributed by atoms with Crippen LogP contribution < -0.4 is 5.32 Å². The molecule has 0 saturated heterocycles. The minimum absolute atomic E-state index is 0.128. The number of carbonyl (C=O) groups is 1. The Morgan fingerprint density at radius 3 is 2.26 bits per heavy atom. The molecule has 2 rings (SSSR count). The van der Waals surface area contributed by atoms with E-state index >= 15 is 0 Å². The fourth-order valence-electron chi connectivity index (χ4n) is 4.72. The molecule has 0 bridgehead atoms. The summed E-state index contributed by atoms with van der Waals surface area (Å²) in [6.07, 6.45) is 6.02. The van der Waals surface area contributed by atoms with E-state index in [0.717, 1.165) is 29.8 Å². The monoisotopic (exact) mass is 437 g/mol. The highest BCUT2D eigenvalue weighted by molar-refractivity contribution is 6.88. The molecular weight excluding hydrogens is 398 g/mol. The average Bonchev–Trinajstić information content (AvgIpc) is 2.74. The molecule has 0 atom stereocenters. The van der Waals surface area contributed by atoms with Gasteiger partial charge >= 0.3 is 0 Å². The Morgan fingerprint density at radius 2 is 1.71 bits per heavy atom. The predicted molar refractivity (Wildman–Crippen MR) is 135 cm³/mol. The van der Waals surface area contributed by atoms with E-state index < -0.39 is 8.07 Å². The molecule has 31 heavy (non-hydrogen) atoms. The lowest BCUT2D eigenvalue weighted by Crippen LogP contribution is -2.42. The number of rotatable bonds is 10. The van der Waals surface area contributed by atoms with E-state index in [1.165, 1.54) is 0 Å². The third-order valence-corrected chi connectivity index (χ3v) is 13.2. The first-order valence-corrected chi connectivity index (χ1v) is 13.9. The van der Waals surface area contributed by atoms with Crippen LogP contribution in [0.2, 0.25) is 16.6 Å². The zero-order chi connectivity index (χ0) is 23.0. The summed E-state index contributed by atoms with van der Waals surface area (Å²) in [4.78, 5) is 21.9. The van der Waals surface area contributed by atoms with E-state index in [4.69, 9.17) is 4.98 Å². The molecule has 0 radical (unpaired) electrons. The van der Waals surface area contributed by atoms with Crippen molar-refractivity contribution in [2.75, 3.05) is 6.54 Å². The number of aromatic nitrogens is 2. The van der Waals surface area contributed by atoms with Crippen LogP contribution in [0.3, 0.4) is 0 Å². The number of nitrogens with one attached hydrogen (secondary N) is 1. The first-order chi connectivity index (χ1) is 14.7. The van der Waals surface area contributed by atoms with Gasteiger partial charge in [0.1, 0.15) is 5.69 Å². The third-order valence-electron chi connectivity index (χ3n) is 6.43. The second kappa shape index (κ2) is 11.4. The van der Waals surface area contributed by atoms with E-state index in [0.29, 0.717) is 28.9 Å². The molecule has 0 aliphatic heterocycles. The predicted octanol–water partition coefficient (Wildman–Crippen LogP) is 6.90. The standard InChI is InChI=1S/C26H39N3OSi/c1-8-9-16-28-26(30)24-14-13-22(25(29-24)23-12-10-11-17-27-23)15-18-31(19(2)3,20(4)5)21(6)7/h10-15,17-21H,8-9,16H2,1-7H3,(H,28,30)/b18-15+. The van der Waals surface area contributed by atoms with Crippen LogP contribution >= 0.6 is 0 Å². The molecule has 0 saturated carbocycles. The number of unbranched alkanes of at least 4 members (excludes halogenated alkanes) is 1. The molecular formula is C26H39N3OSi. The number of carbonyl (C=O) groups excluding carboxylic acids is 1. The molecule has 5 heteroatoms. The van der Waals surface area contributed by atoms with E-state index in [9.17, 15) is 4.79 Å². The molecule has 0 fully saturated rings. The van der Waals surface area contributed by atoms with Gasteiger partial charge in [-0.2, -0.15) is 0 Å². The highest BCUT2D eigenvalue weighted by Gasteiger charge is 2.40. The first-order valence-electron chi connectivity index (χ1n) is 11.6. The minimum Gasteiger partial charge on any atom is -0.351 e. The van der Waals surface area contributed by atoms with Crippen molar-refractivity contribution in [3.8, 4) is 11.4 Å². The highest BCUT2D eigenvalue weighted by Crippen LogP contribution is 2.43. The van der Waals surface area contributed by atoms with Gasteiger partial charge in [-0.15, -0.1) is 0 Å². The summed E-state index contributed by atoms with van der Waals surface area (Å²) in [7, 11) is -1.70. The van der Waals surface area contributed by atoms with Gasteiger partial charge in [-0.1, -0.05) is 78.8 Å². The Hall–Kier alpha value is -2.27. The van der Waals surface area contributed by atoms with Crippen molar-refractivity contribution in [3.05, 3.63) is 53.5 Å². The normalized spacial score (nSPS) is 12.3. The molecule has 1 N–H and O–H groups in total. The Labute approximate surface area is 189 Å². The molecule has 0 spiro atoms. The highest BCUT2D eigenvalue weighted by atomic mass is 28.3. The maximum absolute atomic E-state index is 12.6. The van der Waals surface area contributed by atoms with Gasteiger partial charge in [0.15, 0.2) is 0 Å². The van der Waals surface area contributed by atoms with Crippen LogP contribution in [0.4, 0.5) is 0 Å². The van der Waals surface area contributed by atoms with Crippen LogP contribution in [-0.4, -0.2) is 30.5 Å². The van der Waals surface area contributed by atoms with Gasteiger partial charge in [0, 0.05) is 18.3 Å². The second-order valence-corrected chi connectivity index (χ2v) is 15.1. The van der Waals surface area contributed by atoms with Crippen LogP contribution in [-0.2, 0) is 0 Å². The smallest absolute Gasteiger partial charge is 0.269 e. The van der Waals surface area contributed by atoms with Crippen LogP contribution in [0.15, 0.2) is 42.2 Å². The lowest BCUT2D eigenvalue weighted by Gasteiger charge is -2.40. The van der Waals surface area contributed by atoms with Gasteiger partial charge in [-0.05, 0) is 41.2 Å². The SMILES string of the molecule is CCCCNC(=O)c1ccc(/C=C/[Si](C(C)C)(C(C)C)C(C)C)c(-c2ccccn2)n1. The Balaban J connectivity index is 2.51. The summed E-state index contributed by atoms with van der Waals surface area (Å²) in [5, 5.41) is 2.97. The van der Waals surface area contributed by atoms with Crippen molar-refractivity contribution in [2.24, 2.45) is 0 Å². The van der Waals surface area contributed by atoms with Crippen molar-refractivity contribution >= 4 is 20.1 Å². The van der Waals surface area contributed by atoms with Crippen molar-refractivity contribution in [1.29, 1.82) is 0 Å². The third kappa shape index (κ3) is 5.91. The largest absolute Gasteiger partial charge is 0.351 e. The van der Waals surface area contributed by atoms with Crippen molar-refractivity contribution in [1.82, 2.24) is 15.3 Å². The lowest BCUT2D eigenvalue weighted by atomic mass is 10.1. The zero-order valence-corrected chi connectivity index (χ0v) is 21.3. The summed E-state index contributed by atoms with van der Waals surface area (Å²) in [6.45, 7) is 16.9. The summed E-state index contributed by atoms with van der Waals surface area (Å²) >= 11 is 0. The molecule has 0 aliphatic rings. The minimum atomic E-state index is -1.70. The van der Waals surface area contributed by atoms with E-state index in [1.807, 2.05) is 30.3 Å². The maximum atomic E-state index is 12.6. The number of hydrogen-bond acceptors (Lipinski definition) is 3. The zero-order valence-electron chi connectivity index (χ0n) is 20.3. The molecule has 2 heterocycles. The van der Waals surface area contributed by atoms with E-state index in [-0.39, 0.29) is 5.91 Å². The second-order valence-electron chi connectivity index (χ2n) is 9.26. The molecule has 0 aromatic carbocycles. The number of hydrogen-bond donors (Lipinski definition) is 1. The van der Waals surface area contributed by atoms with Crippen molar-refractivity contribution < 1.29 is 4.79 Å². The summed E-state index contributed by atoms with van der Waals surface area (Å²) in [5.41, 5.74) is 7.42. The van der Waals surface area contributed by atoms with Crippen LogP contribution in [0, 0.1) is 0 Å².